The van der Waals surface area contributed by atoms with Gasteiger partial charge >= 0.3 is 0 Å². The van der Waals surface area contributed by atoms with Gasteiger partial charge in [0.25, 0.3) is 0 Å². The molecule has 20 heavy (non-hydrogen) atoms. The number of hydrogen-bond acceptors (Lipinski definition) is 5. The highest BCUT2D eigenvalue weighted by atomic mass is 32.1. The molecule has 0 fully saturated rings. The van der Waals surface area contributed by atoms with E-state index >= 15 is 0 Å². The molecule has 5 nitrogen and oxygen atoms in total. The Morgan fingerprint density at radius 3 is 3.00 bits per heavy atom. The minimum atomic E-state index is -0.0794. The predicted molar refractivity (Wildman–Crippen MR) is 79.6 cm³/mol. The van der Waals surface area contributed by atoms with Gasteiger partial charge in [-0.15, -0.1) is 11.3 Å². The van der Waals surface area contributed by atoms with Crippen molar-refractivity contribution in [2.75, 3.05) is 12.3 Å². The quantitative estimate of drug-likeness (QED) is 0.801. The lowest BCUT2D eigenvalue weighted by atomic mass is 10.3. The molecule has 1 atom stereocenters. The molecule has 0 aliphatic heterocycles. The van der Waals surface area contributed by atoms with Gasteiger partial charge in [0.2, 0.25) is 5.91 Å². The number of aromatic nitrogens is 1. The lowest BCUT2D eigenvalue weighted by Gasteiger charge is -2.12. The first kappa shape index (κ1) is 14.3. The van der Waals surface area contributed by atoms with Crippen molar-refractivity contribution in [2.24, 2.45) is 0 Å². The topological polar surface area (TPSA) is 77.2 Å². The third-order valence-electron chi connectivity index (χ3n) is 2.71. The minimum absolute atomic E-state index is 0.0674. The van der Waals surface area contributed by atoms with Crippen LogP contribution in [-0.2, 0) is 4.79 Å². The average molecular weight is 291 g/mol. The number of ether oxygens (including phenoxy) is 1. The number of carbonyl (C=O) groups excluding carboxylic acids is 1. The summed E-state index contributed by atoms with van der Waals surface area (Å²) in [5, 5.41) is 5.66. The molecule has 6 heteroatoms. The molecule has 1 heterocycles. The second kappa shape index (κ2) is 6.91. The van der Waals surface area contributed by atoms with E-state index in [1.54, 1.807) is 18.3 Å². The van der Waals surface area contributed by atoms with Crippen LogP contribution in [0.2, 0.25) is 0 Å². The Hall–Kier alpha value is -2.08. The number of benzene rings is 1. The summed E-state index contributed by atoms with van der Waals surface area (Å²) in [6.45, 7) is 2.21. The Bertz CT molecular complexity index is 557. The Kier molecular flexibility index (Phi) is 4.95. The number of carbonyl (C=O) groups is 1. The SMILES string of the molecule is CC(NC(=O)CCOc1ccccc1N)c1nccs1. The summed E-state index contributed by atoms with van der Waals surface area (Å²) in [5.74, 6) is 0.537. The van der Waals surface area contributed by atoms with Crippen molar-refractivity contribution in [1.29, 1.82) is 0 Å². The first-order valence-electron chi connectivity index (χ1n) is 6.33. The monoisotopic (exact) mass is 291 g/mol. The van der Waals surface area contributed by atoms with E-state index in [9.17, 15) is 4.79 Å². The summed E-state index contributed by atoms with van der Waals surface area (Å²) >= 11 is 1.52. The van der Waals surface area contributed by atoms with Crippen LogP contribution in [0.15, 0.2) is 35.8 Å². The molecule has 106 valence electrons. The molecule has 2 aromatic rings. The number of nitrogens with zero attached hydrogens (tertiary/aromatic N) is 1. The van der Waals surface area contributed by atoms with Crippen molar-refractivity contribution in [3.63, 3.8) is 0 Å². The third-order valence-corrected chi connectivity index (χ3v) is 3.66. The van der Waals surface area contributed by atoms with E-state index in [2.05, 4.69) is 10.3 Å². The van der Waals surface area contributed by atoms with Gasteiger partial charge in [0.15, 0.2) is 0 Å². The molecule has 0 radical (unpaired) electrons. The van der Waals surface area contributed by atoms with E-state index in [-0.39, 0.29) is 18.4 Å². The Morgan fingerprint density at radius 1 is 1.50 bits per heavy atom. The summed E-state index contributed by atoms with van der Waals surface area (Å²) in [6, 6.07) is 7.15. The highest BCUT2D eigenvalue weighted by Crippen LogP contribution is 2.20. The molecule has 0 saturated heterocycles. The molecule has 0 aliphatic carbocycles. The van der Waals surface area contributed by atoms with Crippen LogP contribution in [0, 0.1) is 0 Å². The Balaban J connectivity index is 1.74. The number of nitrogen functional groups attached to an aromatic ring is 1. The second-order valence-corrected chi connectivity index (χ2v) is 5.22. The lowest BCUT2D eigenvalue weighted by molar-refractivity contribution is -0.122. The van der Waals surface area contributed by atoms with Crippen LogP contribution in [0.25, 0.3) is 0 Å². The van der Waals surface area contributed by atoms with E-state index < -0.39 is 0 Å². The van der Waals surface area contributed by atoms with Crippen molar-refractivity contribution < 1.29 is 9.53 Å². The fourth-order valence-electron chi connectivity index (χ4n) is 1.69. The standard InChI is InChI=1S/C14H17N3O2S/c1-10(14-16-7-9-20-14)17-13(18)6-8-19-12-5-3-2-4-11(12)15/h2-5,7,9-10H,6,8,15H2,1H3,(H,17,18). The number of anilines is 1. The summed E-state index contributed by atoms with van der Waals surface area (Å²) in [4.78, 5) is 15.9. The highest BCUT2D eigenvalue weighted by Gasteiger charge is 2.11. The van der Waals surface area contributed by atoms with Crippen molar-refractivity contribution in [3.8, 4) is 5.75 Å². The van der Waals surface area contributed by atoms with Gasteiger partial charge in [-0.05, 0) is 19.1 Å². The molecule has 1 aromatic heterocycles. The zero-order valence-electron chi connectivity index (χ0n) is 11.2. The summed E-state index contributed by atoms with van der Waals surface area (Å²) in [5.41, 5.74) is 6.32. The van der Waals surface area contributed by atoms with Crippen molar-refractivity contribution >= 4 is 22.9 Å². The van der Waals surface area contributed by atoms with E-state index in [0.717, 1.165) is 5.01 Å². The van der Waals surface area contributed by atoms with Crippen LogP contribution >= 0.6 is 11.3 Å². The summed E-state index contributed by atoms with van der Waals surface area (Å²) in [7, 11) is 0. The highest BCUT2D eigenvalue weighted by molar-refractivity contribution is 7.09. The van der Waals surface area contributed by atoms with Gasteiger partial charge in [-0.1, -0.05) is 12.1 Å². The van der Waals surface area contributed by atoms with Gasteiger partial charge in [0, 0.05) is 11.6 Å². The van der Waals surface area contributed by atoms with Gasteiger partial charge in [-0.2, -0.15) is 0 Å². The van der Waals surface area contributed by atoms with Crippen molar-refractivity contribution in [3.05, 3.63) is 40.8 Å². The number of nitrogens with two attached hydrogens (primary N) is 1. The number of nitrogens with one attached hydrogen (secondary N) is 1. The minimum Gasteiger partial charge on any atom is -0.491 e. The maximum Gasteiger partial charge on any atom is 0.223 e. The number of hydrogen-bond donors (Lipinski definition) is 2. The first-order valence-corrected chi connectivity index (χ1v) is 7.21. The molecule has 1 amide bonds. The smallest absolute Gasteiger partial charge is 0.223 e. The fourth-order valence-corrected chi connectivity index (χ4v) is 2.34. The molecule has 1 aromatic carbocycles. The molecule has 1 unspecified atom stereocenters. The van der Waals surface area contributed by atoms with Gasteiger partial charge in [-0.3, -0.25) is 4.79 Å². The molecule has 2 rings (SSSR count). The molecule has 0 bridgehead atoms. The van der Waals surface area contributed by atoms with Gasteiger partial charge in [0.05, 0.1) is 24.8 Å². The number of para-hydroxylation sites is 2. The molecular weight excluding hydrogens is 274 g/mol. The maximum absolute atomic E-state index is 11.8. The fraction of sp³-hybridized carbons (Fsp3) is 0.286. The van der Waals surface area contributed by atoms with Crippen molar-refractivity contribution in [1.82, 2.24) is 10.3 Å². The summed E-state index contributed by atoms with van der Waals surface area (Å²) in [6.07, 6.45) is 2.01. The molecule has 0 spiro atoms. The Labute approximate surface area is 121 Å². The molecule has 0 aliphatic rings. The average Bonchev–Trinajstić information content (AvgIpc) is 2.95. The number of thiazole rings is 1. The van der Waals surface area contributed by atoms with E-state index in [1.807, 2.05) is 24.4 Å². The normalized spacial score (nSPS) is 11.8. The van der Waals surface area contributed by atoms with Crippen molar-refractivity contribution in [2.45, 2.75) is 19.4 Å². The van der Waals surface area contributed by atoms with Crippen LogP contribution in [0.3, 0.4) is 0 Å². The Morgan fingerprint density at radius 2 is 2.30 bits per heavy atom. The second-order valence-electron chi connectivity index (χ2n) is 4.30. The van der Waals surface area contributed by atoms with Gasteiger partial charge in [-0.25, -0.2) is 4.98 Å². The van der Waals surface area contributed by atoms with Crippen LogP contribution in [0.5, 0.6) is 5.75 Å². The first-order chi connectivity index (χ1) is 9.66. The lowest BCUT2D eigenvalue weighted by Crippen LogP contribution is -2.27. The third kappa shape index (κ3) is 3.96. The molecular formula is C14H17N3O2S. The van der Waals surface area contributed by atoms with Crippen LogP contribution in [0.4, 0.5) is 5.69 Å². The van der Waals surface area contributed by atoms with Crippen LogP contribution < -0.4 is 15.8 Å². The van der Waals surface area contributed by atoms with E-state index in [0.29, 0.717) is 18.0 Å². The molecule has 3 N–H and O–H groups in total. The maximum atomic E-state index is 11.8. The number of amides is 1. The number of rotatable bonds is 6. The van der Waals surface area contributed by atoms with E-state index in [1.165, 1.54) is 11.3 Å². The zero-order valence-corrected chi connectivity index (χ0v) is 12.0. The predicted octanol–water partition coefficient (Wildman–Crippen LogP) is 2.37. The van der Waals surface area contributed by atoms with Gasteiger partial charge in [0.1, 0.15) is 10.8 Å². The zero-order chi connectivity index (χ0) is 14.4. The van der Waals surface area contributed by atoms with E-state index in [4.69, 9.17) is 10.5 Å². The van der Waals surface area contributed by atoms with Crippen LogP contribution in [0.1, 0.15) is 24.4 Å². The largest absolute Gasteiger partial charge is 0.491 e. The molecule has 0 saturated carbocycles. The summed E-state index contributed by atoms with van der Waals surface area (Å²) < 4.78 is 5.48. The van der Waals surface area contributed by atoms with Crippen LogP contribution in [-0.4, -0.2) is 17.5 Å². The van der Waals surface area contributed by atoms with Gasteiger partial charge < -0.3 is 15.8 Å².